The Labute approximate surface area is 101 Å². The van der Waals surface area contributed by atoms with Crippen LogP contribution in [0.4, 0.5) is 4.79 Å². The summed E-state index contributed by atoms with van der Waals surface area (Å²) in [7, 11) is 0. The largest absolute Gasteiger partial charge is 0.444 e. The van der Waals surface area contributed by atoms with Crippen LogP contribution in [-0.2, 0) is 17.8 Å². The lowest BCUT2D eigenvalue weighted by atomic mass is 10.2. The van der Waals surface area contributed by atoms with Crippen LogP contribution in [-0.4, -0.2) is 16.7 Å². The highest BCUT2D eigenvalue weighted by atomic mass is 16.6. The minimum absolute atomic E-state index is 0.353. The number of amides is 1. The first-order valence-corrected chi connectivity index (χ1v) is 5.52. The number of pyridine rings is 1. The van der Waals surface area contributed by atoms with Crippen LogP contribution >= 0.6 is 0 Å². The molecule has 5 heteroatoms. The fourth-order valence-electron chi connectivity index (χ4n) is 1.30. The van der Waals surface area contributed by atoms with E-state index in [-0.39, 0.29) is 0 Å². The molecule has 0 atom stereocenters. The summed E-state index contributed by atoms with van der Waals surface area (Å²) in [6, 6.07) is 3.69. The van der Waals surface area contributed by atoms with Gasteiger partial charge >= 0.3 is 6.09 Å². The molecule has 0 aliphatic heterocycles. The molecule has 0 aliphatic rings. The molecule has 0 bridgehead atoms. The first kappa shape index (κ1) is 13.4. The van der Waals surface area contributed by atoms with Gasteiger partial charge in [-0.1, -0.05) is 6.07 Å². The molecule has 3 N–H and O–H groups in total. The van der Waals surface area contributed by atoms with E-state index in [1.165, 1.54) is 0 Å². The van der Waals surface area contributed by atoms with Crippen molar-refractivity contribution in [1.29, 1.82) is 0 Å². The summed E-state index contributed by atoms with van der Waals surface area (Å²) in [5.41, 5.74) is 6.75. The summed E-state index contributed by atoms with van der Waals surface area (Å²) in [6.07, 6.45) is 1.24. The van der Waals surface area contributed by atoms with Crippen LogP contribution in [0.5, 0.6) is 0 Å². The Balaban J connectivity index is 2.53. The van der Waals surface area contributed by atoms with Gasteiger partial charge in [0.2, 0.25) is 0 Å². The zero-order valence-electron chi connectivity index (χ0n) is 10.5. The van der Waals surface area contributed by atoms with Gasteiger partial charge in [-0.3, -0.25) is 4.98 Å². The van der Waals surface area contributed by atoms with Crippen LogP contribution in [0.2, 0.25) is 0 Å². The van der Waals surface area contributed by atoms with Crippen LogP contribution in [0, 0.1) is 0 Å². The molecule has 0 aromatic carbocycles. The molecule has 1 amide bonds. The number of rotatable bonds is 3. The van der Waals surface area contributed by atoms with Crippen molar-refractivity contribution in [1.82, 2.24) is 10.3 Å². The van der Waals surface area contributed by atoms with E-state index in [4.69, 9.17) is 10.5 Å². The van der Waals surface area contributed by atoms with E-state index >= 15 is 0 Å². The molecule has 1 rings (SSSR count). The maximum Gasteiger partial charge on any atom is 0.407 e. The lowest BCUT2D eigenvalue weighted by Gasteiger charge is -2.19. The van der Waals surface area contributed by atoms with Crippen molar-refractivity contribution in [3.05, 3.63) is 29.6 Å². The van der Waals surface area contributed by atoms with Gasteiger partial charge in [-0.2, -0.15) is 0 Å². The predicted octanol–water partition coefficient (Wildman–Crippen LogP) is 1.56. The number of nitrogens with zero attached hydrogens (tertiary/aromatic N) is 1. The molecule has 0 aliphatic carbocycles. The number of ether oxygens (including phenoxy) is 1. The average molecular weight is 237 g/mol. The second-order valence-corrected chi connectivity index (χ2v) is 4.67. The van der Waals surface area contributed by atoms with Crippen molar-refractivity contribution in [3.8, 4) is 0 Å². The zero-order chi connectivity index (χ0) is 12.9. The van der Waals surface area contributed by atoms with E-state index in [0.717, 1.165) is 11.3 Å². The van der Waals surface area contributed by atoms with Gasteiger partial charge in [-0.05, 0) is 32.4 Å². The van der Waals surface area contributed by atoms with Gasteiger partial charge in [-0.25, -0.2) is 4.79 Å². The number of alkyl carbamates (subject to hydrolysis) is 1. The Bertz CT molecular complexity index is 386. The molecule has 94 valence electrons. The maximum atomic E-state index is 11.4. The second-order valence-electron chi connectivity index (χ2n) is 4.67. The first-order valence-electron chi connectivity index (χ1n) is 5.52. The molecule has 0 saturated heterocycles. The SMILES string of the molecule is CC(C)(C)OC(=O)NCc1cccnc1CN. The van der Waals surface area contributed by atoms with Gasteiger partial charge in [0.15, 0.2) is 0 Å². The molecule has 17 heavy (non-hydrogen) atoms. The summed E-state index contributed by atoms with van der Waals surface area (Å²) < 4.78 is 5.13. The first-order chi connectivity index (χ1) is 7.92. The predicted molar refractivity (Wildman–Crippen MR) is 65.2 cm³/mol. The van der Waals surface area contributed by atoms with Gasteiger partial charge in [0.05, 0.1) is 5.69 Å². The summed E-state index contributed by atoms with van der Waals surface area (Å²) in [5.74, 6) is 0. The van der Waals surface area contributed by atoms with Crippen LogP contribution in [0.15, 0.2) is 18.3 Å². The third-order valence-electron chi connectivity index (χ3n) is 2.00. The van der Waals surface area contributed by atoms with Crippen molar-refractivity contribution in [2.75, 3.05) is 0 Å². The standard InChI is InChI=1S/C12H19N3O2/c1-12(2,3)17-11(16)15-8-9-5-4-6-14-10(9)7-13/h4-6H,7-8,13H2,1-3H3,(H,15,16). The molecular formula is C12H19N3O2. The van der Waals surface area contributed by atoms with E-state index in [9.17, 15) is 4.79 Å². The minimum Gasteiger partial charge on any atom is -0.444 e. The summed E-state index contributed by atoms with van der Waals surface area (Å²) in [5, 5.41) is 2.67. The third kappa shape index (κ3) is 4.82. The van der Waals surface area contributed by atoms with Crippen molar-refractivity contribution < 1.29 is 9.53 Å². The van der Waals surface area contributed by atoms with Gasteiger partial charge < -0.3 is 15.8 Å². The number of carbonyl (C=O) groups excluding carboxylic acids is 1. The van der Waals surface area contributed by atoms with Crippen molar-refractivity contribution in [2.24, 2.45) is 5.73 Å². The normalized spacial score (nSPS) is 11.1. The van der Waals surface area contributed by atoms with E-state index in [0.29, 0.717) is 13.1 Å². The van der Waals surface area contributed by atoms with Crippen molar-refractivity contribution >= 4 is 6.09 Å². The lowest BCUT2D eigenvalue weighted by molar-refractivity contribution is 0.0523. The fraction of sp³-hybridized carbons (Fsp3) is 0.500. The van der Waals surface area contributed by atoms with Crippen LogP contribution < -0.4 is 11.1 Å². The maximum absolute atomic E-state index is 11.4. The zero-order valence-corrected chi connectivity index (χ0v) is 10.5. The highest BCUT2D eigenvalue weighted by Crippen LogP contribution is 2.08. The van der Waals surface area contributed by atoms with E-state index < -0.39 is 11.7 Å². The van der Waals surface area contributed by atoms with Crippen LogP contribution in [0.1, 0.15) is 32.0 Å². The Morgan fingerprint density at radius 3 is 2.82 bits per heavy atom. The summed E-state index contributed by atoms with van der Waals surface area (Å²) in [4.78, 5) is 15.6. The van der Waals surface area contributed by atoms with E-state index in [1.54, 1.807) is 6.20 Å². The monoisotopic (exact) mass is 237 g/mol. The molecule has 0 radical (unpaired) electrons. The lowest BCUT2D eigenvalue weighted by Crippen LogP contribution is -2.32. The number of nitrogens with one attached hydrogen (secondary N) is 1. The average Bonchev–Trinajstić information content (AvgIpc) is 2.24. The van der Waals surface area contributed by atoms with Gasteiger partial charge in [-0.15, -0.1) is 0 Å². The number of hydrogen-bond acceptors (Lipinski definition) is 4. The molecular weight excluding hydrogens is 218 g/mol. The van der Waals surface area contributed by atoms with Gasteiger partial charge in [0.1, 0.15) is 5.60 Å². The molecule has 0 unspecified atom stereocenters. The number of carbonyl (C=O) groups is 1. The van der Waals surface area contributed by atoms with Gasteiger partial charge in [0, 0.05) is 19.3 Å². The Kier molecular flexibility index (Phi) is 4.45. The van der Waals surface area contributed by atoms with Crippen molar-refractivity contribution in [3.63, 3.8) is 0 Å². The molecule has 0 fully saturated rings. The molecule has 1 aromatic heterocycles. The third-order valence-corrected chi connectivity index (χ3v) is 2.00. The molecule has 1 aromatic rings. The van der Waals surface area contributed by atoms with Crippen LogP contribution in [0.3, 0.4) is 0 Å². The molecule has 5 nitrogen and oxygen atoms in total. The van der Waals surface area contributed by atoms with Gasteiger partial charge in [0.25, 0.3) is 0 Å². The highest BCUT2D eigenvalue weighted by molar-refractivity contribution is 5.67. The van der Waals surface area contributed by atoms with E-state index in [1.807, 2.05) is 32.9 Å². The summed E-state index contributed by atoms with van der Waals surface area (Å²) in [6.45, 7) is 6.19. The second kappa shape index (κ2) is 5.63. The highest BCUT2D eigenvalue weighted by Gasteiger charge is 2.15. The Hall–Kier alpha value is -1.62. The molecule has 0 saturated carbocycles. The Morgan fingerprint density at radius 1 is 1.53 bits per heavy atom. The topological polar surface area (TPSA) is 77.2 Å². The smallest absolute Gasteiger partial charge is 0.407 e. The van der Waals surface area contributed by atoms with E-state index in [2.05, 4.69) is 10.3 Å². The van der Waals surface area contributed by atoms with Crippen LogP contribution in [0.25, 0.3) is 0 Å². The minimum atomic E-state index is -0.490. The number of hydrogen-bond donors (Lipinski definition) is 2. The van der Waals surface area contributed by atoms with Crippen molar-refractivity contribution in [2.45, 2.75) is 39.5 Å². The fourth-order valence-corrected chi connectivity index (χ4v) is 1.30. The quantitative estimate of drug-likeness (QED) is 0.836. The molecule has 0 spiro atoms. The summed E-state index contributed by atoms with van der Waals surface area (Å²) >= 11 is 0. The number of aromatic nitrogens is 1. The molecule has 1 heterocycles. The number of nitrogens with two attached hydrogens (primary N) is 1. The Morgan fingerprint density at radius 2 is 2.24 bits per heavy atom.